The first-order chi connectivity index (χ1) is 10.4. The summed E-state index contributed by atoms with van der Waals surface area (Å²) in [4.78, 5) is 2.59. The third kappa shape index (κ3) is 6.32. The zero-order valence-electron chi connectivity index (χ0n) is 13.0. The molecule has 0 aromatic heterocycles. The Labute approximate surface area is 129 Å². The molecule has 116 valence electrons. The van der Waals surface area contributed by atoms with Crippen LogP contribution < -0.4 is 5.32 Å². The zero-order chi connectivity index (χ0) is 14.8. The summed E-state index contributed by atoms with van der Waals surface area (Å²) in [7, 11) is 0. The number of benzene rings is 1. The predicted molar refractivity (Wildman–Crippen MR) is 88.4 cm³/mol. The maximum absolute atomic E-state index is 5.13. The molecule has 1 aromatic rings. The molecule has 1 aromatic carbocycles. The molecule has 1 aliphatic rings. The zero-order valence-corrected chi connectivity index (χ0v) is 13.0. The highest BCUT2D eigenvalue weighted by molar-refractivity contribution is 5.14. The van der Waals surface area contributed by atoms with Gasteiger partial charge in [0.25, 0.3) is 0 Å². The van der Waals surface area contributed by atoms with Crippen molar-refractivity contribution in [2.75, 3.05) is 32.8 Å². The molecule has 0 amide bonds. The van der Waals surface area contributed by atoms with E-state index in [0.717, 1.165) is 26.0 Å². The molecule has 2 rings (SSSR count). The van der Waals surface area contributed by atoms with Crippen LogP contribution in [-0.2, 0) is 11.2 Å². The molecule has 0 saturated carbocycles. The summed E-state index contributed by atoms with van der Waals surface area (Å²) in [5.41, 5.74) is 1.44. The summed E-state index contributed by atoms with van der Waals surface area (Å²) in [5, 5.41) is 3.63. The first-order valence-corrected chi connectivity index (χ1v) is 8.10. The van der Waals surface area contributed by atoms with Crippen molar-refractivity contribution >= 4 is 0 Å². The fourth-order valence-electron chi connectivity index (χ4n) is 2.84. The Hall–Kier alpha value is -1.32. The van der Waals surface area contributed by atoms with Crippen molar-refractivity contribution in [2.24, 2.45) is 0 Å². The largest absolute Gasteiger partial charge is 0.502 e. The van der Waals surface area contributed by atoms with E-state index in [0.29, 0.717) is 6.04 Å². The van der Waals surface area contributed by atoms with Crippen molar-refractivity contribution in [1.82, 2.24) is 10.2 Å². The number of piperidine rings is 1. The topological polar surface area (TPSA) is 24.5 Å². The lowest BCUT2D eigenvalue weighted by atomic mass is 10.0. The molecule has 1 saturated heterocycles. The van der Waals surface area contributed by atoms with Crippen LogP contribution in [0.4, 0.5) is 0 Å². The van der Waals surface area contributed by atoms with E-state index in [-0.39, 0.29) is 0 Å². The van der Waals surface area contributed by atoms with Crippen molar-refractivity contribution in [3.8, 4) is 0 Å². The lowest BCUT2D eigenvalue weighted by Gasteiger charge is -2.32. The monoisotopic (exact) mass is 288 g/mol. The van der Waals surface area contributed by atoms with Gasteiger partial charge >= 0.3 is 0 Å². The number of hydrogen-bond donors (Lipinski definition) is 1. The minimum Gasteiger partial charge on any atom is -0.502 e. The maximum Gasteiger partial charge on any atom is 0.0885 e. The van der Waals surface area contributed by atoms with Crippen LogP contribution in [0.1, 0.15) is 24.8 Å². The van der Waals surface area contributed by atoms with Crippen molar-refractivity contribution in [1.29, 1.82) is 0 Å². The average molecular weight is 288 g/mol. The standard InChI is InChI=1S/C18H28N2O/c1-2-21-16-6-12-19-18-10-14-20(15-11-18)13-9-17-7-4-3-5-8-17/h2-5,7-8,18-19H,1,6,9-16H2. The molecule has 1 N–H and O–H groups in total. The van der Waals surface area contributed by atoms with Crippen molar-refractivity contribution in [2.45, 2.75) is 31.7 Å². The van der Waals surface area contributed by atoms with Crippen LogP contribution in [0.5, 0.6) is 0 Å². The van der Waals surface area contributed by atoms with E-state index in [9.17, 15) is 0 Å². The molecule has 0 radical (unpaired) electrons. The molecule has 1 aliphatic heterocycles. The summed E-state index contributed by atoms with van der Waals surface area (Å²) in [6, 6.07) is 11.5. The highest BCUT2D eigenvalue weighted by Gasteiger charge is 2.17. The maximum atomic E-state index is 5.13. The molecule has 1 fully saturated rings. The van der Waals surface area contributed by atoms with Gasteiger partial charge in [-0.05, 0) is 50.9 Å². The number of rotatable bonds is 9. The molecule has 0 spiro atoms. The van der Waals surface area contributed by atoms with Crippen molar-refractivity contribution in [3.63, 3.8) is 0 Å². The quantitative estimate of drug-likeness (QED) is 0.558. The minimum atomic E-state index is 0.682. The molecule has 0 unspecified atom stereocenters. The highest BCUT2D eigenvalue weighted by atomic mass is 16.5. The first kappa shape index (κ1) is 16.1. The van der Waals surface area contributed by atoms with Gasteiger partial charge in [0.15, 0.2) is 0 Å². The van der Waals surface area contributed by atoms with Crippen LogP contribution >= 0.6 is 0 Å². The number of hydrogen-bond acceptors (Lipinski definition) is 3. The van der Waals surface area contributed by atoms with E-state index < -0.39 is 0 Å². The predicted octanol–water partition coefficient (Wildman–Crippen LogP) is 2.83. The molecular weight excluding hydrogens is 260 g/mol. The third-order valence-electron chi connectivity index (χ3n) is 4.14. The van der Waals surface area contributed by atoms with Gasteiger partial charge < -0.3 is 15.0 Å². The van der Waals surface area contributed by atoms with Gasteiger partial charge in [-0.25, -0.2) is 0 Å². The number of ether oxygens (including phenoxy) is 1. The van der Waals surface area contributed by atoms with E-state index >= 15 is 0 Å². The van der Waals surface area contributed by atoms with Crippen molar-refractivity contribution < 1.29 is 4.74 Å². The second-order valence-corrected chi connectivity index (χ2v) is 5.70. The van der Waals surface area contributed by atoms with E-state index in [2.05, 4.69) is 47.1 Å². The van der Waals surface area contributed by atoms with Gasteiger partial charge in [-0.1, -0.05) is 36.9 Å². The molecule has 1 heterocycles. The molecule has 21 heavy (non-hydrogen) atoms. The van der Waals surface area contributed by atoms with E-state index in [1.54, 1.807) is 0 Å². The van der Waals surface area contributed by atoms with Crippen LogP contribution in [0.15, 0.2) is 43.2 Å². The Bertz CT molecular complexity index is 385. The Morgan fingerprint density at radius 1 is 1.24 bits per heavy atom. The fraction of sp³-hybridized carbons (Fsp3) is 0.556. The van der Waals surface area contributed by atoms with E-state index in [1.165, 1.54) is 44.3 Å². The third-order valence-corrected chi connectivity index (χ3v) is 4.14. The second kappa shape index (κ2) is 9.59. The molecule has 0 atom stereocenters. The van der Waals surface area contributed by atoms with Crippen LogP contribution in [-0.4, -0.2) is 43.7 Å². The van der Waals surface area contributed by atoms with Gasteiger partial charge in [0.2, 0.25) is 0 Å². The average Bonchev–Trinajstić information content (AvgIpc) is 2.55. The van der Waals surface area contributed by atoms with Gasteiger partial charge in [-0.15, -0.1) is 0 Å². The summed E-state index contributed by atoms with van der Waals surface area (Å²) in [6.45, 7) is 8.98. The molecule has 3 heteroatoms. The van der Waals surface area contributed by atoms with Crippen LogP contribution in [0, 0.1) is 0 Å². The number of likely N-dealkylation sites (tertiary alicyclic amines) is 1. The Balaban J connectivity index is 1.55. The Kier molecular flexibility index (Phi) is 7.33. The SMILES string of the molecule is C=COCCCNC1CCN(CCc2ccccc2)CC1. The summed E-state index contributed by atoms with van der Waals surface area (Å²) in [5.74, 6) is 0. The molecular formula is C18H28N2O. The van der Waals surface area contributed by atoms with Gasteiger partial charge in [0, 0.05) is 12.6 Å². The number of nitrogens with one attached hydrogen (secondary N) is 1. The van der Waals surface area contributed by atoms with Gasteiger partial charge in [-0.2, -0.15) is 0 Å². The first-order valence-electron chi connectivity index (χ1n) is 8.10. The summed E-state index contributed by atoms with van der Waals surface area (Å²) in [6.07, 6.45) is 6.26. The molecule has 3 nitrogen and oxygen atoms in total. The smallest absolute Gasteiger partial charge is 0.0885 e. The highest BCUT2D eigenvalue weighted by Crippen LogP contribution is 2.11. The fourth-order valence-corrected chi connectivity index (χ4v) is 2.84. The minimum absolute atomic E-state index is 0.682. The molecule has 0 bridgehead atoms. The Morgan fingerprint density at radius 3 is 2.71 bits per heavy atom. The second-order valence-electron chi connectivity index (χ2n) is 5.70. The van der Waals surface area contributed by atoms with Gasteiger partial charge in [-0.3, -0.25) is 0 Å². The van der Waals surface area contributed by atoms with Crippen molar-refractivity contribution in [3.05, 3.63) is 48.7 Å². The van der Waals surface area contributed by atoms with E-state index in [1.807, 2.05) is 0 Å². The van der Waals surface area contributed by atoms with Crippen LogP contribution in [0.2, 0.25) is 0 Å². The summed E-state index contributed by atoms with van der Waals surface area (Å²) < 4.78 is 5.13. The van der Waals surface area contributed by atoms with Gasteiger partial charge in [0.05, 0.1) is 12.9 Å². The normalized spacial score (nSPS) is 16.8. The number of nitrogens with zero attached hydrogens (tertiary/aromatic N) is 1. The lowest BCUT2D eigenvalue weighted by Crippen LogP contribution is -2.43. The molecule has 0 aliphatic carbocycles. The Morgan fingerprint density at radius 2 is 2.00 bits per heavy atom. The summed E-state index contributed by atoms with van der Waals surface area (Å²) >= 11 is 0. The van der Waals surface area contributed by atoms with E-state index in [4.69, 9.17) is 4.74 Å². The van der Waals surface area contributed by atoms with Gasteiger partial charge in [0.1, 0.15) is 0 Å². The lowest BCUT2D eigenvalue weighted by molar-refractivity contribution is 0.195. The van der Waals surface area contributed by atoms with Crippen LogP contribution in [0.3, 0.4) is 0 Å². The van der Waals surface area contributed by atoms with Crippen LogP contribution in [0.25, 0.3) is 0 Å².